The van der Waals surface area contributed by atoms with E-state index in [0.717, 1.165) is 17.7 Å². The Morgan fingerprint density at radius 3 is 2.55 bits per heavy atom. The maximum Gasteiger partial charge on any atom is 0.338 e. The Hall–Kier alpha value is -4.44. The highest BCUT2D eigenvalue weighted by Crippen LogP contribution is 2.36. The molecule has 0 saturated heterocycles. The largest absolute Gasteiger partial charge is 0.494 e. The summed E-state index contributed by atoms with van der Waals surface area (Å²) in [5.74, 6) is 0.118. The summed E-state index contributed by atoms with van der Waals surface area (Å²) in [5, 5.41) is 0. The number of ether oxygens (including phenoxy) is 4. The average Bonchev–Trinajstić information content (AvgIpc) is 3.24. The molecule has 1 aliphatic rings. The van der Waals surface area contributed by atoms with Gasteiger partial charge in [0, 0.05) is 6.92 Å². The molecule has 0 N–H and O–H groups in total. The second kappa shape index (κ2) is 12.6. The number of carbonyl (C=O) groups excluding carboxylic acids is 2. The monoisotopic (exact) mass is 562 g/mol. The molecule has 1 atom stereocenters. The van der Waals surface area contributed by atoms with E-state index in [1.165, 1.54) is 36.0 Å². The molecular formula is C30H30N2O7S. The molecular weight excluding hydrogens is 532 g/mol. The molecule has 9 nitrogen and oxygen atoms in total. The molecule has 1 unspecified atom stereocenters. The predicted molar refractivity (Wildman–Crippen MR) is 151 cm³/mol. The standard InChI is InChI=1S/C30H30N2O7S/c1-6-14-37-22-11-8-20(9-12-22)16-25-28(34)32-27(21-10-13-23(39-19(4)33)24(17-21)36-5)26(29(35)38-15-7-2)18(3)31-30(32)40-25/h7-13,16-17,27H,2,6,14-15H2,1,3-5H3. The number of thiazole rings is 1. The van der Waals surface area contributed by atoms with Crippen LogP contribution in [0.5, 0.6) is 17.2 Å². The number of esters is 2. The van der Waals surface area contributed by atoms with Crippen LogP contribution in [0.4, 0.5) is 0 Å². The lowest BCUT2D eigenvalue weighted by Crippen LogP contribution is -2.40. The lowest BCUT2D eigenvalue weighted by atomic mass is 9.95. The molecule has 4 rings (SSSR count). The van der Waals surface area contributed by atoms with Gasteiger partial charge in [0.05, 0.1) is 35.6 Å². The highest BCUT2D eigenvalue weighted by atomic mass is 32.1. The van der Waals surface area contributed by atoms with Crippen LogP contribution in [0.2, 0.25) is 0 Å². The Labute approximate surface area is 235 Å². The van der Waals surface area contributed by atoms with Crippen LogP contribution in [0.3, 0.4) is 0 Å². The summed E-state index contributed by atoms with van der Waals surface area (Å²) >= 11 is 1.22. The Bertz CT molecular complexity index is 1650. The van der Waals surface area contributed by atoms with Gasteiger partial charge in [-0.2, -0.15) is 0 Å². The van der Waals surface area contributed by atoms with Gasteiger partial charge >= 0.3 is 11.9 Å². The Kier molecular flexibility index (Phi) is 9.00. The summed E-state index contributed by atoms with van der Waals surface area (Å²) in [6.07, 6.45) is 4.16. The minimum absolute atomic E-state index is 0.000565. The van der Waals surface area contributed by atoms with Crippen molar-refractivity contribution in [3.05, 3.63) is 97.2 Å². The van der Waals surface area contributed by atoms with Crippen LogP contribution in [0, 0.1) is 0 Å². The quantitative estimate of drug-likeness (QED) is 0.211. The van der Waals surface area contributed by atoms with Gasteiger partial charge in [0.1, 0.15) is 12.4 Å². The van der Waals surface area contributed by atoms with Crippen molar-refractivity contribution in [2.75, 3.05) is 20.3 Å². The molecule has 0 fully saturated rings. The van der Waals surface area contributed by atoms with Crippen LogP contribution in [-0.2, 0) is 14.3 Å². The molecule has 2 heterocycles. The SMILES string of the molecule is C=CCOC(=O)C1=C(C)N=c2sc(=Cc3ccc(OCCC)cc3)c(=O)n2C1c1ccc(OC(C)=O)c(OC)c1. The van der Waals surface area contributed by atoms with Gasteiger partial charge in [-0.1, -0.05) is 49.1 Å². The molecule has 0 spiro atoms. The van der Waals surface area contributed by atoms with Gasteiger partial charge < -0.3 is 18.9 Å². The summed E-state index contributed by atoms with van der Waals surface area (Å²) in [6, 6.07) is 11.5. The van der Waals surface area contributed by atoms with Crippen LogP contribution >= 0.6 is 11.3 Å². The molecule has 0 saturated carbocycles. The number of hydrogen-bond acceptors (Lipinski definition) is 9. The first kappa shape index (κ1) is 28.6. The van der Waals surface area contributed by atoms with Gasteiger partial charge in [0.25, 0.3) is 5.56 Å². The number of hydrogen-bond donors (Lipinski definition) is 0. The summed E-state index contributed by atoms with van der Waals surface area (Å²) in [5.41, 5.74) is 1.69. The average molecular weight is 563 g/mol. The van der Waals surface area contributed by atoms with Crippen LogP contribution in [0.15, 0.2) is 76.2 Å². The fraction of sp³-hybridized carbons (Fsp3) is 0.267. The van der Waals surface area contributed by atoms with E-state index < -0.39 is 18.0 Å². The molecule has 0 aliphatic carbocycles. The first-order chi connectivity index (χ1) is 19.3. The van der Waals surface area contributed by atoms with E-state index >= 15 is 0 Å². The first-order valence-corrected chi connectivity index (χ1v) is 13.5. The second-order valence-corrected chi connectivity index (χ2v) is 9.90. The number of benzene rings is 2. The lowest BCUT2D eigenvalue weighted by Gasteiger charge is -2.25. The predicted octanol–water partition coefficient (Wildman–Crippen LogP) is 3.69. The lowest BCUT2D eigenvalue weighted by molar-refractivity contribution is -0.138. The first-order valence-electron chi connectivity index (χ1n) is 12.7. The van der Waals surface area contributed by atoms with Crippen molar-refractivity contribution in [2.24, 2.45) is 4.99 Å². The van der Waals surface area contributed by atoms with Crippen LogP contribution < -0.4 is 29.1 Å². The van der Waals surface area contributed by atoms with E-state index in [4.69, 9.17) is 18.9 Å². The van der Waals surface area contributed by atoms with Crippen molar-refractivity contribution in [2.45, 2.75) is 33.2 Å². The number of fused-ring (bicyclic) bond motifs is 1. The van der Waals surface area contributed by atoms with E-state index in [1.54, 1.807) is 31.2 Å². The minimum Gasteiger partial charge on any atom is -0.494 e. The normalized spacial score (nSPS) is 14.7. The summed E-state index contributed by atoms with van der Waals surface area (Å²) in [6.45, 7) is 9.26. The van der Waals surface area contributed by atoms with Gasteiger partial charge in [-0.05, 0) is 54.8 Å². The van der Waals surface area contributed by atoms with E-state index in [2.05, 4.69) is 11.6 Å². The third-order valence-electron chi connectivity index (χ3n) is 5.98. The van der Waals surface area contributed by atoms with Gasteiger partial charge in [-0.25, -0.2) is 9.79 Å². The van der Waals surface area contributed by atoms with Crippen LogP contribution in [0.25, 0.3) is 6.08 Å². The van der Waals surface area contributed by atoms with E-state index in [1.807, 2.05) is 31.2 Å². The molecule has 0 amide bonds. The molecule has 208 valence electrons. The van der Waals surface area contributed by atoms with E-state index in [0.29, 0.717) is 27.2 Å². The Morgan fingerprint density at radius 2 is 1.90 bits per heavy atom. The molecule has 10 heteroatoms. The van der Waals surface area contributed by atoms with Gasteiger partial charge in [-0.15, -0.1) is 0 Å². The zero-order valence-corrected chi connectivity index (χ0v) is 23.6. The van der Waals surface area contributed by atoms with Crippen molar-refractivity contribution in [3.8, 4) is 17.2 Å². The Morgan fingerprint density at radius 1 is 1.15 bits per heavy atom. The van der Waals surface area contributed by atoms with Crippen molar-refractivity contribution in [1.82, 2.24) is 4.57 Å². The second-order valence-electron chi connectivity index (χ2n) is 8.89. The van der Waals surface area contributed by atoms with Crippen molar-refractivity contribution >= 4 is 29.4 Å². The Balaban J connectivity index is 1.86. The molecule has 3 aromatic rings. The number of aromatic nitrogens is 1. The van der Waals surface area contributed by atoms with E-state index in [9.17, 15) is 14.4 Å². The maximum absolute atomic E-state index is 13.8. The summed E-state index contributed by atoms with van der Waals surface area (Å²) in [4.78, 5) is 43.6. The van der Waals surface area contributed by atoms with Gasteiger partial charge in [0.15, 0.2) is 16.3 Å². The number of methoxy groups -OCH3 is 1. The van der Waals surface area contributed by atoms with Crippen molar-refractivity contribution in [3.63, 3.8) is 0 Å². The fourth-order valence-corrected chi connectivity index (χ4v) is 5.28. The van der Waals surface area contributed by atoms with Crippen molar-refractivity contribution in [1.29, 1.82) is 0 Å². The summed E-state index contributed by atoms with van der Waals surface area (Å²) < 4.78 is 23.6. The minimum atomic E-state index is -0.860. The maximum atomic E-state index is 13.8. The molecule has 0 radical (unpaired) electrons. The third-order valence-corrected chi connectivity index (χ3v) is 6.96. The molecule has 40 heavy (non-hydrogen) atoms. The number of allylic oxidation sites excluding steroid dienone is 1. The topological polar surface area (TPSA) is 105 Å². The molecule has 2 aromatic carbocycles. The highest BCUT2D eigenvalue weighted by molar-refractivity contribution is 7.07. The number of carbonyl (C=O) groups is 2. The smallest absolute Gasteiger partial charge is 0.338 e. The number of rotatable bonds is 10. The summed E-state index contributed by atoms with van der Waals surface area (Å²) in [7, 11) is 1.44. The zero-order chi connectivity index (χ0) is 28.8. The third kappa shape index (κ3) is 6.07. The van der Waals surface area contributed by atoms with Gasteiger partial charge in [0.2, 0.25) is 0 Å². The highest BCUT2D eigenvalue weighted by Gasteiger charge is 2.34. The van der Waals surface area contributed by atoms with E-state index in [-0.39, 0.29) is 29.2 Å². The molecule has 1 aromatic heterocycles. The van der Waals surface area contributed by atoms with Crippen LogP contribution in [0.1, 0.15) is 44.4 Å². The zero-order valence-electron chi connectivity index (χ0n) is 22.8. The van der Waals surface area contributed by atoms with Gasteiger partial charge in [-0.3, -0.25) is 14.2 Å². The fourth-order valence-electron chi connectivity index (χ4n) is 4.24. The van der Waals surface area contributed by atoms with Crippen molar-refractivity contribution < 1.29 is 28.5 Å². The molecule has 1 aliphatic heterocycles. The molecule has 0 bridgehead atoms. The number of nitrogens with zero attached hydrogens (tertiary/aromatic N) is 2. The van der Waals surface area contributed by atoms with Crippen LogP contribution in [-0.4, -0.2) is 36.8 Å².